The van der Waals surface area contributed by atoms with Crippen molar-refractivity contribution >= 4 is 21.8 Å². The molecule has 0 bridgehead atoms. The molecular weight excluding hydrogens is 304 g/mol. The number of rotatable bonds is 3. The van der Waals surface area contributed by atoms with Crippen molar-refractivity contribution in [2.24, 2.45) is 11.7 Å². The van der Waals surface area contributed by atoms with Crippen LogP contribution in [0, 0.1) is 5.92 Å². The van der Waals surface area contributed by atoms with E-state index in [1.54, 1.807) is 0 Å². The van der Waals surface area contributed by atoms with Gasteiger partial charge in [0.25, 0.3) is 0 Å². The van der Waals surface area contributed by atoms with Gasteiger partial charge in [-0.25, -0.2) is 0 Å². The Morgan fingerprint density at radius 1 is 1.53 bits per heavy atom. The highest BCUT2D eigenvalue weighted by molar-refractivity contribution is 9.10. The summed E-state index contributed by atoms with van der Waals surface area (Å²) in [5.41, 5.74) is 6.89. The lowest BCUT2D eigenvalue weighted by Crippen LogP contribution is -2.51. The molecule has 3 nitrogen and oxygen atoms in total. The monoisotopic (exact) mass is 324 g/mol. The minimum Gasteiger partial charge on any atom is -0.338 e. The van der Waals surface area contributed by atoms with Crippen LogP contribution in [0.4, 0.5) is 0 Å². The molecule has 1 aromatic rings. The maximum absolute atomic E-state index is 12.4. The van der Waals surface area contributed by atoms with Gasteiger partial charge in [0.05, 0.1) is 6.42 Å². The summed E-state index contributed by atoms with van der Waals surface area (Å²) in [6, 6.07) is 8.13. The normalized spacial score (nSPS) is 23.4. The molecule has 0 spiro atoms. The van der Waals surface area contributed by atoms with Crippen LogP contribution in [0.2, 0.25) is 0 Å². The third-order valence-corrected chi connectivity index (χ3v) is 4.42. The van der Waals surface area contributed by atoms with Gasteiger partial charge in [0.1, 0.15) is 0 Å². The zero-order valence-corrected chi connectivity index (χ0v) is 12.9. The molecule has 2 N–H and O–H groups in total. The van der Waals surface area contributed by atoms with Crippen molar-refractivity contribution < 1.29 is 4.79 Å². The number of nitrogens with zero attached hydrogens (tertiary/aromatic N) is 1. The molecule has 1 aromatic carbocycles. The molecular formula is C15H21BrN2O. The van der Waals surface area contributed by atoms with Gasteiger partial charge in [-0.2, -0.15) is 0 Å². The van der Waals surface area contributed by atoms with Crippen LogP contribution in [-0.4, -0.2) is 29.9 Å². The molecule has 4 heteroatoms. The van der Waals surface area contributed by atoms with E-state index in [4.69, 9.17) is 5.73 Å². The molecule has 1 aliphatic heterocycles. The Hall–Kier alpha value is -0.870. The fourth-order valence-electron chi connectivity index (χ4n) is 2.84. The van der Waals surface area contributed by atoms with E-state index in [9.17, 15) is 4.79 Å². The van der Waals surface area contributed by atoms with Crippen molar-refractivity contribution in [1.82, 2.24) is 4.90 Å². The molecule has 1 fully saturated rings. The van der Waals surface area contributed by atoms with Crippen LogP contribution in [0.5, 0.6) is 0 Å². The second-order valence-corrected chi connectivity index (χ2v) is 6.23. The molecule has 1 saturated heterocycles. The van der Waals surface area contributed by atoms with E-state index in [0.29, 0.717) is 18.9 Å². The van der Waals surface area contributed by atoms with Gasteiger partial charge in [0.15, 0.2) is 0 Å². The van der Waals surface area contributed by atoms with E-state index < -0.39 is 0 Å². The molecule has 0 aromatic heterocycles. The molecule has 2 rings (SSSR count). The van der Waals surface area contributed by atoms with Crippen molar-refractivity contribution in [3.05, 3.63) is 34.3 Å². The summed E-state index contributed by atoms with van der Waals surface area (Å²) in [4.78, 5) is 14.4. The van der Waals surface area contributed by atoms with Gasteiger partial charge in [-0.1, -0.05) is 35.0 Å². The predicted molar refractivity (Wildman–Crippen MR) is 80.8 cm³/mol. The summed E-state index contributed by atoms with van der Waals surface area (Å²) in [5.74, 6) is 0.699. The highest BCUT2D eigenvalue weighted by atomic mass is 79.9. The van der Waals surface area contributed by atoms with Gasteiger partial charge in [-0.3, -0.25) is 4.79 Å². The van der Waals surface area contributed by atoms with E-state index in [1.807, 2.05) is 29.2 Å². The smallest absolute Gasteiger partial charge is 0.227 e. The number of amides is 1. The van der Waals surface area contributed by atoms with Crippen LogP contribution < -0.4 is 5.73 Å². The summed E-state index contributed by atoms with van der Waals surface area (Å²) >= 11 is 3.44. The standard InChI is InChI=1S/C15H21BrN2O/c1-11-4-3-7-18(14(11)10-17)15(19)9-12-5-2-6-13(16)8-12/h2,5-6,8,11,14H,3-4,7,9-10,17H2,1H3. The zero-order chi connectivity index (χ0) is 13.8. The largest absolute Gasteiger partial charge is 0.338 e. The fraction of sp³-hybridized carbons (Fsp3) is 0.533. The van der Waals surface area contributed by atoms with Gasteiger partial charge < -0.3 is 10.6 Å². The van der Waals surface area contributed by atoms with E-state index in [-0.39, 0.29) is 11.9 Å². The number of carbonyl (C=O) groups excluding carboxylic acids is 1. The lowest BCUT2D eigenvalue weighted by molar-refractivity contribution is -0.135. The number of hydrogen-bond acceptors (Lipinski definition) is 2. The van der Waals surface area contributed by atoms with Gasteiger partial charge in [0, 0.05) is 23.6 Å². The Bertz CT molecular complexity index is 450. The highest BCUT2D eigenvalue weighted by Gasteiger charge is 2.30. The second kappa shape index (κ2) is 6.53. The highest BCUT2D eigenvalue weighted by Crippen LogP contribution is 2.23. The Kier molecular flexibility index (Phi) is 4.99. The van der Waals surface area contributed by atoms with Crippen LogP contribution in [0.1, 0.15) is 25.3 Å². The third-order valence-electron chi connectivity index (χ3n) is 3.92. The Morgan fingerprint density at radius 3 is 3.00 bits per heavy atom. The predicted octanol–water partition coefficient (Wildman–Crippen LogP) is 2.58. The molecule has 2 atom stereocenters. The first-order valence-electron chi connectivity index (χ1n) is 6.86. The van der Waals surface area contributed by atoms with Gasteiger partial charge in [0.2, 0.25) is 5.91 Å². The van der Waals surface area contributed by atoms with Gasteiger partial charge >= 0.3 is 0 Å². The van der Waals surface area contributed by atoms with Crippen LogP contribution in [0.25, 0.3) is 0 Å². The molecule has 0 aliphatic carbocycles. The Morgan fingerprint density at radius 2 is 2.32 bits per heavy atom. The van der Waals surface area contributed by atoms with E-state index in [0.717, 1.165) is 23.0 Å². The van der Waals surface area contributed by atoms with Crippen LogP contribution in [-0.2, 0) is 11.2 Å². The molecule has 104 valence electrons. The minimum absolute atomic E-state index is 0.195. The first-order chi connectivity index (χ1) is 9.11. The first kappa shape index (κ1) is 14.5. The summed E-state index contributed by atoms with van der Waals surface area (Å²) < 4.78 is 1.01. The quantitative estimate of drug-likeness (QED) is 0.928. The molecule has 1 heterocycles. The summed E-state index contributed by atoms with van der Waals surface area (Å²) in [6.07, 6.45) is 2.72. The van der Waals surface area contributed by atoms with Crippen LogP contribution in [0.15, 0.2) is 28.7 Å². The van der Waals surface area contributed by atoms with Crippen molar-refractivity contribution in [2.45, 2.75) is 32.2 Å². The van der Waals surface area contributed by atoms with E-state index in [1.165, 1.54) is 6.42 Å². The summed E-state index contributed by atoms with van der Waals surface area (Å²) in [7, 11) is 0. The topological polar surface area (TPSA) is 46.3 Å². The van der Waals surface area contributed by atoms with Gasteiger partial charge in [-0.15, -0.1) is 0 Å². The van der Waals surface area contributed by atoms with Crippen LogP contribution >= 0.6 is 15.9 Å². The maximum atomic E-state index is 12.4. The number of halogens is 1. The minimum atomic E-state index is 0.195. The van der Waals surface area contributed by atoms with E-state index in [2.05, 4.69) is 22.9 Å². The molecule has 0 saturated carbocycles. The lowest BCUT2D eigenvalue weighted by Gasteiger charge is -2.39. The van der Waals surface area contributed by atoms with Crippen LogP contribution in [0.3, 0.4) is 0 Å². The summed E-state index contributed by atoms with van der Waals surface area (Å²) in [5, 5.41) is 0. The lowest BCUT2D eigenvalue weighted by atomic mass is 9.90. The maximum Gasteiger partial charge on any atom is 0.227 e. The number of likely N-dealkylation sites (tertiary alicyclic amines) is 1. The number of nitrogens with two attached hydrogens (primary N) is 1. The fourth-order valence-corrected chi connectivity index (χ4v) is 3.29. The number of piperidine rings is 1. The van der Waals surface area contributed by atoms with Crippen molar-refractivity contribution in [3.63, 3.8) is 0 Å². The van der Waals surface area contributed by atoms with Crippen molar-refractivity contribution in [2.75, 3.05) is 13.1 Å². The SMILES string of the molecule is CC1CCCN(C(=O)Cc2cccc(Br)c2)C1CN. The van der Waals surface area contributed by atoms with Gasteiger partial charge in [-0.05, 0) is 36.5 Å². The van der Waals surface area contributed by atoms with Crippen molar-refractivity contribution in [1.29, 1.82) is 0 Å². The Balaban J connectivity index is 2.06. The van der Waals surface area contributed by atoms with E-state index >= 15 is 0 Å². The molecule has 0 radical (unpaired) electrons. The molecule has 19 heavy (non-hydrogen) atoms. The first-order valence-corrected chi connectivity index (χ1v) is 7.65. The number of carbonyl (C=O) groups is 1. The van der Waals surface area contributed by atoms with Crippen molar-refractivity contribution in [3.8, 4) is 0 Å². The second-order valence-electron chi connectivity index (χ2n) is 5.32. The third kappa shape index (κ3) is 3.57. The zero-order valence-electron chi connectivity index (χ0n) is 11.3. The molecule has 2 unspecified atom stereocenters. The average Bonchev–Trinajstić information content (AvgIpc) is 2.38. The average molecular weight is 325 g/mol. The molecule has 1 amide bonds. The molecule has 1 aliphatic rings. The number of benzene rings is 1. The number of hydrogen-bond donors (Lipinski definition) is 1. The Labute approximate surface area is 123 Å². The summed E-state index contributed by atoms with van der Waals surface area (Å²) in [6.45, 7) is 3.60.